The molecular weight excluding hydrogens is 370 g/mol. The Balaban J connectivity index is 1.29. The summed E-state index contributed by atoms with van der Waals surface area (Å²) < 4.78 is 1.27. The number of aromatic amines is 1. The molecule has 9 nitrogen and oxygen atoms in total. The van der Waals surface area contributed by atoms with Crippen LogP contribution in [0, 0.1) is 0 Å². The van der Waals surface area contributed by atoms with Crippen LogP contribution in [-0.4, -0.2) is 57.1 Å². The predicted octanol–water partition coefficient (Wildman–Crippen LogP) is 0.664. The van der Waals surface area contributed by atoms with Gasteiger partial charge in [0.05, 0.1) is 10.9 Å². The van der Waals surface area contributed by atoms with Gasteiger partial charge in [-0.2, -0.15) is 0 Å². The Kier molecular flexibility index (Phi) is 5.57. The van der Waals surface area contributed by atoms with Crippen LogP contribution < -0.4 is 21.9 Å². The topological polar surface area (TPSA) is 113 Å². The van der Waals surface area contributed by atoms with Gasteiger partial charge in [0.15, 0.2) is 0 Å². The van der Waals surface area contributed by atoms with Crippen molar-refractivity contribution in [2.75, 3.05) is 43.4 Å². The zero-order valence-electron chi connectivity index (χ0n) is 16.3. The molecule has 0 radical (unpaired) electrons. The number of nitrogens with one attached hydrogen (secondary N) is 1. The van der Waals surface area contributed by atoms with Crippen LogP contribution in [0.1, 0.15) is 12.8 Å². The van der Waals surface area contributed by atoms with E-state index in [0.29, 0.717) is 23.1 Å². The van der Waals surface area contributed by atoms with Crippen LogP contribution in [0.5, 0.6) is 0 Å². The summed E-state index contributed by atoms with van der Waals surface area (Å²) in [5.41, 5.74) is 6.15. The van der Waals surface area contributed by atoms with E-state index in [0.717, 1.165) is 51.5 Å². The number of fused-ring (bicyclic) bond motifs is 1. The normalized spacial score (nSPS) is 15.1. The van der Waals surface area contributed by atoms with E-state index in [4.69, 9.17) is 5.73 Å². The van der Waals surface area contributed by atoms with E-state index < -0.39 is 0 Å². The lowest BCUT2D eigenvalue weighted by molar-refractivity contribution is 0.250. The van der Waals surface area contributed by atoms with E-state index in [2.05, 4.69) is 24.8 Å². The summed E-state index contributed by atoms with van der Waals surface area (Å²) in [6.45, 7) is 5.04. The van der Waals surface area contributed by atoms with Crippen molar-refractivity contribution in [3.05, 3.63) is 57.5 Å². The molecule has 29 heavy (non-hydrogen) atoms. The Labute approximate surface area is 167 Å². The molecule has 1 saturated heterocycles. The van der Waals surface area contributed by atoms with Crippen molar-refractivity contribution in [3.8, 4) is 0 Å². The summed E-state index contributed by atoms with van der Waals surface area (Å²) in [5.74, 6) is 0.780. The standard InChI is InChI=1S/C20H25N7O2/c21-15-4-5-17-16(14-15)18(28)27(20(29)24-17)9-2-1-8-25-10-12-26(13-11-25)19-22-6-3-7-23-19/h3-7,14H,1-2,8-13,21H2,(H,24,29). The van der Waals surface area contributed by atoms with Crippen molar-refractivity contribution in [2.24, 2.45) is 0 Å². The molecule has 1 fully saturated rings. The highest BCUT2D eigenvalue weighted by atomic mass is 16.2. The van der Waals surface area contributed by atoms with Crippen LogP contribution >= 0.6 is 0 Å². The molecule has 0 spiro atoms. The molecular formula is C20H25N7O2. The lowest BCUT2D eigenvalue weighted by atomic mass is 10.2. The molecule has 1 aromatic carbocycles. The van der Waals surface area contributed by atoms with Gasteiger partial charge in [0, 0.05) is 50.8 Å². The maximum absolute atomic E-state index is 12.6. The molecule has 1 aliphatic heterocycles. The fourth-order valence-corrected chi connectivity index (χ4v) is 3.70. The number of unbranched alkanes of at least 4 members (excludes halogenated alkanes) is 1. The zero-order valence-corrected chi connectivity index (χ0v) is 16.3. The first-order chi connectivity index (χ1) is 14.1. The minimum atomic E-state index is -0.372. The second-order valence-electron chi connectivity index (χ2n) is 7.28. The Morgan fingerprint density at radius 2 is 1.72 bits per heavy atom. The summed E-state index contributed by atoms with van der Waals surface area (Å²) in [5, 5.41) is 0.448. The summed E-state index contributed by atoms with van der Waals surface area (Å²) in [6.07, 6.45) is 5.21. The average Bonchev–Trinajstić information content (AvgIpc) is 2.75. The van der Waals surface area contributed by atoms with Gasteiger partial charge in [0.1, 0.15) is 0 Å². The molecule has 0 amide bonds. The van der Waals surface area contributed by atoms with Gasteiger partial charge < -0.3 is 15.6 Å². The van der Waals surface area contributed by atoms with Crippen molar-refractivity contribution in [2.45, 2.75) is 19.4 Å². The number of rotatable bonds is 6. The molecule has 4 rings (SSSR count). The smallest absolute Gasteiger partial charge is 0.328 e. The Bertz CT molecular complexity index is 1090. The van der Waals surface area contributed by atoms with Gasteiger partial charge in [-0.15, -0.1) is 0 Å². The van der Waals surface area contributed by atoms with Crippen LogP contribution in [0.25, 0.3) is 10.9 Å². The molecule has 3 heterocycles. The Hall–Kier alpha value is -3.20. The second-order valence-corrected chi connectivity index (χ2v) is 7.28. The molecule has 0 saturated carbocycles. The quantitative estimate of drug-likeness (QED) is 0.466. The molecule has 3 aromatic rings. The van der Waals surface area contributed by atoms with Crippen molar-refractivity contribution >= 4 is 22.5 Å². The number of hydrogen-bond acceptors (Lipinski definition) is 7. The molecule has 0 aliphatic carbocycles. The average molecular weight is 395 g/mol. The number of aromatic nitrogens is 4. The number of nitrogens with zero attached hydrogens (tertiary/aromatic N) is 5. The molecule has 3 N–H and O–H groups in total. The first-order valence-electron chi connectivity index (χ1n) is 9.88. The lowest BCUT2D eigenvalue weighted by Gasteiger charge is -2.34. The number of nitrogens with two attached hydrogens (primary N) is 1. The number of hydrogen-bond donors (Lipinski definition) is 2. The maximum atomic E-state index is 12.6. The number of H-pyrrole nitrogens is 1. The summed E-state index contributed by atoms with van der Waals surface area (Å²) >= 11 is 0. The fraction of sp³-hybridized carbons (Fsp3) is 0.400. The van der Waals surface area contributed by atoms with Crippen molar-refractivity contribution in [3.63, 3.8) is 0 Å². The van der Waals surface area contributed by atoms with E-state index in [1.807, 2.05) is 6.07 Å². The monoisotopic (exact) mass is 395 g/mol. The van der Waals surface area contributed by atoms with E-state index in [1.54, 1.807) is 30.6 Å². The largest absolute Gasteiger partial charge is 0.399 e. The fourth-order valence-electron chi connectivity index (χ4n) is 3.70. The number of anilines is 2. The molecule has 9 heteroatoms. The van der Waals surface area contributed by atoms with Gasteiger partial charge in [-0.1, -0.05) is 0 Å². The van der Waals surface area contributed by atoms with E-state index in [9.17, 15) is 9.59 Å². The first-order valence-corrected chi connectivity index (χ1v) is 9.88. The minimum absolute atomic E-state index is 0.285. The summed E-state index contributed by atoms with van der Waals surface area (Å²) in [6, 6.07) is 6.77. The Morgan fingerprint density at radius 1 is 1.00 bits per heavy atom. The van der Waals surface area contributed by atoms with Gasteiger partial charge in [0.25, 0.3) is 5.56 Å². The van der Waals surface area contributed by atoms with Gasteiger partial charge in [-0.25, -0.2) is 14.8 Å². The van der Waals surface area contributed by atoms with Crippen LogP contribution in [0.3, 0.4) is 0 Å². The van der Waals surface area contributed by atoms with E-state index >= 15 is 0 Å². The summed E-state index contributed by atoms with van der Waals surface area (Å²) in [7, 11) is 0. The third-order valence-electron chi connectivity index (χ3n) is 5.32. The summed E-state index contributed by atoms with van der Waals surface area (Å²) in [4.78, 5) is 40.8. The van der Waals surface area contributed by atoms with Crippen LogP contribution in [0.2, 0.25) is 0 Å². The molecule has 0 atom stereocenters. The molecule has 0 bridgehead atoms. The molecule has 152 valence electrons. The first kappa shape index (κ1) is 19.1. The third kappa shape index (κ3) is 4.29. The third-order valence-corrected chi connectivity index (χ3v) is 5.32. The number of nitrogen functional groups attached to an aromatic ring is 1. The van der Waals surface area contributed by atoms with Crippen LogP contribution in [-0.2, 0) is 6.54 Å². The highest BCUT2D eigenvalue weighted by Gasteiger charge is 2.18. The van der Waals surface area contributed by atoms with Crippen molar-refractivity contribution in [1.29, 1.82) is 0 Å². The lowest BCUT2D eigenvalue weighted by Crippen LogP contribution is -2.47. The van der Waals surface area contributed by atoms with Crippen molar-refractivity contribution < 1.29 is 0 Å². The molecule has 1 aliphatic rings. The van der Waals surface area contributed by atoms with Crippen LogP contribution in [0.15, 0.2) is 46.2 Å². The van der Waals surface area contributed by atoms with Gasteiger partial charge >= 0.3 is 5.69 Å². The van der Waals surface area contributed by atoms with E-state index in [1.165, 1.54) is 4.57 Å². The highest BCUT2D eigenvalue weighted by Crippen LogP contribution is 2.11. The number of benzene rings is 1. The van der Waals surface area contributed by atoms with Gasteiger partial charge in [-0.3, -0.25) is 14.3 Å². The maximum Gasteiger partial charge on any atom is 0.328 e. The minimum Gasteiger partial charge on any atom is -0.399 e. The van der Waals surface area contributed by atoms with Gasteiger partial charge in [0.2, 0.25) is 5.95 Å². The van der Waals surface area contributed by atoms with Crippen molar-refractivity contribution in [1.82, 2.24) is 24.4 Å². The SMILES string of the molecule is Nc1ccc2[nH]c(=O)n(CCCCN3CCN(c4ncccn4)CC3)c(=O)c2c1. The van der Waals surface area contributed by atoms with Gasteiger partial charge in [-0.05, 0) is 43.7 Å². The molecule has 0 unspecified atom stereocenters. The highest BCUT2D eigenvalue weighted by molar-refractivity contribution is 5.80. The molecule has 2 aromatic heterocycles. The number of piperazine rings is 1. The van der Waals surface area contributed by atoms with E-state index in [-0.39, 0.29) is 11.2 Å². The zero-order chi connectivity index (χ0) is 20.2. The van der Waals surface area contributed by atoms with Crippen LogP contribution in [0.4, 0.5) is 11.6 Å². The second kappa shape index (κ2) is 8.44. The predicted molar refractivity (Wildman–Crippen MR) is 113 cm³/mol. The Morgan fingerprint density at radius 3 is 2.48 bits per heavy atom.